The van der Waals surface area contributed by atoms with Crippen LogP contribution in [0.3, 0.4) is 0 Å². The first-order valence-corrected chi connectivity index (χ1v) is 10.9. The van der Waals surface area contributed by atoms with Crippen molar-refractivity contribution in [3.05, 3.63) is 64.3 Å². The second-order valence-corrected chi connectivity index (χ2v) is 8.02. The van der Waals surface area contributed by atoms with E-state index in [9.17, 15) is 10.1 Å². The van der Waals surface area contributed by atoms with Gasteiger partial charge in [-0.2, -0.15) is 5.26 Å². The summed E-state index contributed by atoms with van der Waals surface area (Å²) in [6, 6.07) is 13.0. The number of nitriles is 1. The molecule has 3 aromatic rings. The van der Waals surface area contributed by atoms with Gasteiger partial charge in [0.2, 0.25) is 0 Å². The summed E-state index contributed by atoms with van der Waals surface area (Å²) in [4.78, 5) is 19.8. The molecule has 32 heavy (non-hydrogen) atoms. The Bertz CT molecular complexity index is 1180. The third-order valence-electron chi connectivity index (χ3n) is 5.54. The average molecular weight is 450 g/mol. The zero-order chi connectivity index (χ0) is 22.5. The molecule has 1 fully saturated rings. The Hall–Kier alpha value is -3.34. The molecule has 0 radical (unpaired) electrons. The number of hydrogen-bond donors (Lipinski definition) is 2. The van der Waals surface area contributed by atoms with E-state index < -0.39 is 0 Å². The number of nitrogens with zero attached hydrogens (tertiary/aromatic N) is 3. The van der Waals surface area contributed by atoms with Crippen LogP contribution >= 0.6 is 11.6 Å². The highest BCUT2D eigenvalue weighted by Gasteiger charge is 2.22. The van der Waals surface area contributed by atoms with Gasteiger partial charge in [0, 0.05) is 37.8 Å². The molecule has 2 aromatic carbocycles. The molecular weight excluding hydrogens is 426 g/mol. The number of aromatic nitrogens is 1. The average Bonchev–Trinajstić information content (AvgIpc) is 3.11. The Labute approximate surface area is 191 Å². The monoisotopic (exact) mass is 449 g/mol. The molecule has 164 valence electrons. The van der Waals surface area contributed by atoms with Gasteiger partial charge in [0.15, 0.2) is 0 Å². The number of fused-ring (bicyclic) bond motifs is 1. The van der Waals surface area contributed by atoms with Gasteiger partial charge < -0.3 is 20.3 Å². The van der Waals surface area contributed by atoms with Crippen LogP contribution in [0.15, 0.2) is 42.6 Å². The summed E-state index contributed by atoms with van der Waals surface area (Å²) in [6.45, 7) is 3.44. The van der Waals surface area contributed by atoms with E-state index in [1.54, 1.807) is 31.5 Å². The number of ether oxygens (including phenoxy) is 1. The largest absolute Gasteiger partial charge is 0.495 e. The topological polar surface area (TPSA) is 90.3 Å². The van der Waals surface area contributed by atoms with Gasteiger partial charge in [-0.1, -0.05) is 17.7 Å². The second-order valence-electron chi connectivity index (χ2n) is 7.61. The van der Waals surface area contributed by atoms with Crippen LogP contribution in [-0.2, 0) is 6.54 Å². The van der Waals surface area contributed by atoms with E-state index in [0.29, 0.717) is 52.7 Å². The minimum absolute atomic E-state index is 0.0688. The molecule has 8 heteroatoms. The van der Waals surface area contributed by atoms with Gasteiger partial charge in [0.05, 0.1) is 40.5 Å². The number of anilines is 1. The molecule has 0 unspecified atom stereocenters. The van der Waals surface area contributed by atoms with Crippen molar-refractivity contribution < 1.29 is 9.53 Å². The van der Waals surface area contributed by atoms with Crippen LogP contribution in [0.2, 0.25) is 5.02 Å². The van der Waals surface area contributed by atoms with Crippen molar-refractivity contribution in [1.82, 2.24) is 15.2 Å². The molecule has 4 rings (SSSR count). The number of carbonyl (C=O) groups is 1. The zero-order valence-corrected chi connectivity index (χ0v) is 18.6. The first kappa shape index (κ1) is 21.9. The molecular formula is C24H24ClN5O2. The lowest BCUT2D eigenvalue weighted by atomic mass is 10.0. The minimum atomic E-state index is -0.0688. The maximum Gasteiger partial charge on any atom is 0.257 e. The molecule has 1 saturated heterocycles. The van der Waals surface area contributed by atoms with Crippen molar-refractivity contribution in [2.45, 2.75) is 13.0 Å². The molecule has 2 heterocycles. The molecule has 1 aliphatic rings. The fraction of sp³-hybridized carbons (Fsp3) is 0.292. The maximum atomic E-state index is 13.4. The molecule has 1 amide bonds. The Balaban J connectivity index is 1.73. The Morgan fingerprint density at radius 2 is 2.16 bits per heavy atom. The number of nitrogens with one attached hydrogen (secondary N) is 2. The number of methoxy groups -OCH3 is 1. The van der Waals surface area contributed by atoms with E-state index in [-0.39, 0.29) is 5.91 Å². The van der Waals surface area contributed by atoms with E-state index in [2.05, 4.69) is 21.7 Å². The predicted molar refractivity (Wildman–Crippen MR) is 125 cm³/mol. The van der Waals surface area contributed by atoms with Gasteiger partial charge in [0.1, 0.15) is 5.75 Å². The number of amides is 1. The standard InChI is InChI=1S/C24H24ClN5O2/c1-32-22-6-4-17(12-20(22)25)14-29-23-18-11-16(13-26)3-5-21(18)28-15-19(23)24(31)30-9-2-7-27-8-10-30/h3-6,11-12,15,27H,2,7-10,14H2,1H3,(H,28,29). The summed E-state index contributed by atoms with van der Waals surface area (Å²) in [5.41, 5.74) is 3.33. The van der Waals surface area contributed by atoms with E-state index >= 15 is 0 Å². The molecule has 0 saturated carbocycles. The summed E-state index contributed by atoms with van der Waals surface area (Å²) in [7, 11) is 1.57. The molecule has 0 aliphatic carbocycles. The second kappa shape index (κ2) is 9.86. The molecule has 0 atom stereocenters. The summed E-state index contributed by atoms with van der Waals surface area (Å²) in [5, 5.41) is 17.4. The molecule has 7 nitrogen and oxygen atoms in total. The number of pyridine rings is 1. The van der Waals surface area contributed by atoms with E-state index in [1.165, 1.54) is 0 Å². The first-order valence-electron chi connectivity index (χ1n) is 10.5. The molecule has 2 N–H and O–H groups in total. The van der Waals surface area contributed by atoms with Crippen molar-refractivity contribution in [2.24, 2.45) is 0 Å². The molecule has 0 bridgehead atoms. The van der Waals surface area contributed by atoms with Gasteiger partial charge in [-0.3, -0.25) is 9.78 Å². The van der Waals surface area contributed by atoms with Crippen molar-refractivity contribution in [2.75, 3.05) is 38.6 Å². The Morgan fingerprint density at radius 1 is 1.28 bits per heavy atom. The highest BCUT2D eigenvalue weighted by atomic mass is 35.5. The predicted octanol–water partition coefficient (Wildman–Crippen LogP) is 3.82. The third kappa shape index (κ3) is 4.62. The van der Waals surface area contributed by atoms with Crippen molar-refractivity contribution in [3.63, 3.8) is 0 Å². The zero-order valence-electron chi connectivity index (χ0n) is 17.8. The lowest BCUT2D eigenvalue weighted by molar-refractivity contribution is 0.0767. The quantitative estimate of drug-likeness (QED) is 0.615. The Morgan fingerprint density at radius 3 is 2.94 bits per heavy atom. The van der Waals surface area contributed by atoms with Crippen LogP contribution in [0.4, 0.5) is 5.69 Å². The van der Waals surface area contributed by atoms with Crippen molar-refractivity contribution in [3.8, 4) is 11.8 Å². The van der Waals surface area contributed by atoms with Crippen LogP contribution in [0.1, 0.15) is 27.9 Å². The van der Waals surface area contributed by atoms with Crippen LogP contribution in [-0.4, -0.2) is 49.1 Å². The number of halogens is 1. The van der Waals surface area contributed by atoms with Gasteiger partial charge in [-0.05, 0) is 48.9 Å². The van der Waals surface area contributed by atoms with Gasteiger partial charge in [-0.25, -0.2) is 0 Å². The van der Waals surface area contributed by atoms with E-state index in [0.717, 1.165) is 30.5 Å². The summed E-state index contributed by atoms with van der Waals surface area (Å²) in [6.07, 6.45) is 2.52. The molecule has 1 aromatic heterocycles. The fourth-order valence-corrected chi connectivity index (χ4v) is 4.12. The normalized spacial score (nSPS) is 14.0. The van der Waals surface area contributed by atoms with Crippen LogP contribution in [0, 0.1) is 11.3 Å². The maximum absolute atomic E-state index is 13.4. The van der Waals surface area contributed by atoms with Crippen LogP contribution in [0.5, 0.6) is 5.75 Å². The number of rotatable bonds is 5. The number of hydrogen-bond acceptors (Lipinski definition) is 6. The molecule has 0 spiro atoms. The van der Waals surface area contributed by atoms with Gasteiger partial charge in [0.25, 0.3) is 5.91 Å². The first-order chi connectivity index (χ1) is 15.6. The molecule has 1 aliphatic heterocycles. The summed E-state index contributed by atoms with van der Waals surface area (Å²) >= 11 is 6.28. The van der Waals surface area contributed by atoms with Crippen molar-refractivity contribution >= 4 is 34.1 Å². The van der Waals surface area contributed by atoms with Crippen molar-refractivity contribution in [1.29, 1.82) is 5.26 Å². The van der Waals surface area contributed by atoms with Gasteiger partial charge in [-0.15, -0.1) is 0 Å². The third-order valence-corrected chi connectivity index (χ3v) is 5.84. The Kier molecular flexibility index (Phi) is 6.74. The highest BCUT2D eigenvalue weighted by molar-refractivity contribution is 6.32. The minimum Gasteiger partial charge on any atom is -0.495 e. The summed E-state index contributed by atoms with van der Waals surface area (Å²) in [5.74, 6) is 0.537. The van der Waals surface area contributed by atoms with Crippen LogP contribution < -0.4 is 15.4 Å². The van der Waals surface area contributed by atoms with E-state index in [1.807, 2.05) is 23.1 Å². The highest BCUT2D eigenvalue weighted by Crippen LogP contribution is 2.30. The lowest BCUT2D eigenvalue weighted by Crippen LogP contribution is -2.34. The SMILES string of the molecule is COc1ccc(CNc2c(C(=O)N3CCCNCC3)cnc3ccc(C#N)cc23)cc1Cl. The lowest BCUT2D eigenvalue weighted by Gasteiger charge is -2.22. The fourth-order valence-electron chi connectivity index (χ4n) is 3.84. The van der Waals surface area contributed by atoms with Crippen LogP contribution in [0.25, 0.3) is 10.9 Å². The van der Waals surface area contributed by atoms with E-state index in [4.69, 9.17) is 16.3 Å². The summed E-state index contributed by atoms with van der Waals surface area (Å²) < 4.78 is 5.23. The number of benzene rings is 2. The number of carbonyl (C=O) groups excluding carboxylic acids is 1. The van der Waals surface area contributed by atoms with Gasteiger partial charge >= 0.3 is 0 Å². The smallest absolute Gasteiger partial charge is 0.257 e.